The molecule has 1 aromatic rings. The fourth-order valence-corrected chi connectivity index (χ4v) is 2.47. The van der Waals surface area contributed by atoms with Crippen molar-refractivity contribution in [2.24, 2.45) is 0 Å². The summed E-state index contributed by atoms with van der Waals surface area (Å²) in [6, 6.07) is 4.20. The molecular formula is C14H24N4O2. The Balaban J connectivity index is 1.77. The van der Waals surface area contributed by atoms with Crippen LogP contribution in [-0.2, 0) is 11.3 Å². The number of ether oxygens (including phenoxy) is 1. The number of nitrogens with one attached hydrogen (secondary N) is 2. The number of carbonyl (C=O) groups excluding carboxylic acids is 1. The number of piperazine rings is 1. The summed E-state index contributed by atoms with van der Waals surface area (Å²) in [5, 5.41) is 3.44. The first-order chi connectivity index (χ1) is 9.60. The van der Waals surface area contributed by atoms with Gasteiger partial charge in [0, 0.05) is 44.5 Å². The fourth-order valence-electron chi connectivity index (χ4n) is 2.47. The van der Waals surface area contributed by atoms with Gasteiger partial charge in [0.1, 0.15) is 5.69 Å². The Morgan fingerprint density at radius 2 is 2.25 bits per heavy atom. The smallest absolute Gasteiger partial charge is 0.354 e. The second-order valence-corrected chi connectivity index (χ2v) is 5.42. The van der Waals surface area contributed by atoms with Crippen LogP contribution in [0.2, 0.25) is 0 Å². The van der Waals surface area contributed by atoms with Gasteiger partial charge in [-0.2, -0.15) is 0 Å². The van der Waals surface area contributed by atoms with Crippen LogP contribution < -0.4 is 5.32 Å². The van der Waals surface area contributed by atoms with Crippen LogP contribution in [0, 0.1) is 0 Å². The summed E-state index contributed by atoms with van der Waals surface area (Å²) in [5.74, 6) is -0.329. The van der Waals surface area contributed by atoms with Crippen molar-refractivity contribution in [3.8, 4) is 0 Å². The van der Waals surface area contributed by atoms with E-state index in [-0.39, 0.29) is 5.97 Å². The molecule has 1 aliphatic heterocycles. The van der Waals surface area contributed by atoms with Gasteiger partial charge in [0.05, 0.1) is 7.11 Å². The zero-order valence-corrected chi connectivity index (χ0v) is 12.5. The van der Waals surface area contributed by atoms with E-state index in [0.29, 0.717) is 11.7 Å². The summed E-state index contributed by atoms with van der Waals surface area (Å²) in [7, 11) is 5.72. The Labute approximate surface area is 120 Å². The third-order valence-electron chi connectivity index (χ3n) is 3.83. The van der Waals surface area contributed by atoms with Gasteiger partial charge in [-0.1, -0.05) is 0 Å². The fraction of sp³-hybridized carbons (Fsp3) is 0.643. The van der Waals surface area contributed by atoms with Crippen molar-refractivity contribution in [1.82, 2.24) is 20.1 Å². The van der Waals surface area contributed by atoms with Crippen LogP contribution in [0.25, 0.3) is 0 Å². The minimum Gasteiger partial charge on any atom is -0.464 e. The van der Waals surface area contributed by atoms with E-state index in [4.69, 9.17) is 0 Å². The first-order valence-corrected chi connectivity index (χ1v) is 6.96. The molecule has 0 spiro atoms. The molecule has 0 bridgehead atoms. The molecule has 0 aromatic carbocycles. The van der Waals surface area contributed by atoms with Crippen LogP contribution in [0.5, 0.6) is 0 Å². The summed E-state index contributed by atoms with van der Waals surface area (Å²) in [6.07, 6.45) is 0. The first-order valence-electron chi connectivity index (χ1n) is 6.96. The van der Waals surface area contributed by atoms with Crippen LogP contribution in [0.4, 0.5) is 0 Å². The zero-order chi connectivity index (χ0) is 14.5. The predicted molar refractivity (Wildman–Crippen MR) is 77.8 cm³/mol. The Bertz CT molecular complexity index is 446. The van der Waals surface area contributed by atoms with Crippen LogP contribution in [0.3, 0.4) is 0 Å². The van der Waals surface area contributed by atoms with E-state index in [2.05, 4.69) is 38.9 Å². The maximum absolute atomic E-state index is 11.3. The molecule has 1 saturated heterocycles. The lowest BCUT2D eigenvalue weighted by Gasteiger charge is -2.37. The zero-order valence-electron chi connectivity index (χ0n) is 12.5. The quantitative estimate of drug-likeness (QED) is 0.751. The molecular weight excluding hydrogens is 256 g/mol. The van der Waals surface area contributed by atoms with Crippen LogP contribution in [-0.4, -0.2) is 74.2 Å². The molecule has 1 aliphatic rings. The van der Waals surface area contributed by atoms with E-state index in [1.54, 1.807) is 6.07 Å². The third kappa shape index (κ3) is 3.82. The molecule has 2 N–H and O–H groups in total. The van der Waals surface area contributed by atoms with Crippen molar-refractivity contribution < 1.29 is 9.53 Å². The minimum absolute atomic E-state index is 0.329. The van der Waals surface area contributed by atoms with Crippen molar-refractivity contribution in [3.63, 3.8) is 0 Å². The highest BCUT2D eigenvalue weighted by Crippen LogP contribution is 2.06. The van der Waals surface area contributed by atoms with Gasteiger partial charge in [0.15, 0.2) is 0 Å². The summed E-state index contributed by atoms with van der Waals surface area (Å²) < 4.78 is 4.67. The molecule has 1 unspecified atom stereocenters. The second kappa shape index (κ2) is 6.88. The number of rotatable bonds is 5. The number of methoxy groups -OCH3 is 1. The standard InChI is InChI=1S/C14H24N4O2/c1-17-6-7-18(2)12(10-17)9-15-8-11-4-5-13(16-11)14(19)20-3/h4-5,12,15-16H,6-10H2,1-3H3. The highest BCUT2D eigenvalue weighted by Gasteiger charge is 2.21. The topological polar surface area (TPSA) is 60.6 Å². The van der Waals surface area contributed by atoms with Crippen LogP contribution >= 0.6 is 0 Å². The molecule has 2 rings (SSSR count). The molecule has 1 atom stereocenters. The van der Waals surface area contributed by atoms with Crippen molar-refractivity contribution in [2.45, 2.75) is 12.6 Å². The molecule has 20 heavy (non-hydrogen) atoms. The average molecular weight is 280 g/mol. The Hall–Kier alpha value is -1.37. The predicted octanol–water partition coefficient (Wildman–Crippen LogP) is 0.137. The van der Waals surface area contributed by atoms with Gasteiger partial charge in [0.2, 0.25) is 0 Å². The van der Waals surface area contributed by atoms with Gasteiger partial charge < -0.3 is 19.9 Å². The lowest BCUT2D eigenvalue weighted by Crippen LogP contribution is -2.53. The number of aromatic amines is 1. The van der Waals surface area contributed by atoms with E-state index in [9.17, 15) is 4.79 Å². The van der Waals surface area contributed by atoms with Gasteiger partial charge in [-0.3, -0.25) is 4.90 Å². The number of likely N-dealkylation sites (N-methyl/N-ethyl adjacent to an activating group) is 2. The van der Waals surface area contributed by atoms with Crippen LogP contribution in [0.1, 0.15) is 16.2 Å². The van der Waals surface area contributed by atoms with Crippen molar-refractivity contribution >= 4 is 5.97 Å². The lowest BCUT2D eigenvalue weighted by molar-refractivity contribution is 0.0594. The molecule has 6 heteroatoms. The normalized spacial score (nSPS) is 21.1. The summed E-state index contributed by atoms with van der Waals surface area (Å²) in [6.45, 7) is 4.99. The van der Waals surface area contributed by atoms with Crippen molar-refractivity contribution in [3.05, 3.63) is 23.5 Å². The van der Waals surface area contributed by atoms with Gasteiger partial charge in [0.25, 0.3) is 0 Å². The highest BCUT2D eigenvalue weighted by molar-refractivity contribution is 5.87. The van der Waals surface area contributed by atoms with E-state index in [0.717, 1.165) is 38.4 Å². The Morgan fingerprint density at radius 3 is 3.00 bits per heavy atom. The Kier molecular flexibility index (Phi) is 5.17. The van der Waals surface area contributed by atoms with Crippen molar-refractivity contribution in [2.75, 3.05) is 47.4 Å². The summed E-state index contributed by atoms with van der Waals surface area (Å²) >= 11 is 0. The molecule has 0 radical (unpaired) electrons. The van der Waals surface area contributed by atoms with E-state index in [1.165, 1.54) is 7.11 Å². The molecule has 0 amide bonds. The van der Waals surface area contributed by atoms with Gasteiger partial charge in [-0.15, -0.1) is 0 Å². The molecule has 1 fully saturated rings. The SMILES string of the molecule is COC(=O)c1ccc(CNCC2CN(C)CCN2C)[nH]1. The number of aromatic nitrogens is 1. The molecule has 1 aromatic heterocycles. The van der Waals surface area contributed by atoms with E-state index >= 15 is 0 Å². The molecule has 2 heterocycles. The second-order valence-electron chi connectivity index (χ2n) is 5.42. The number of nitrogens with zero attached hydrogens (tertiary/aromatic N) is 2. The molecule has 0 saturated carbocycles. The molecule has 112 valence electrons. The van der Waals surface area contributed by atoms with Crippen molar-refractivity contribution in [1.29, 1.82) is 0 Å². The summed E-state index contributed by atoms with van der Waals surface area (Å²) in [5.41, 5.74) is 1.50. The maximum Gasteiger partial charge on any atom is 0.354 e. The number of esters is 1. The third-order valence-corrected chi connectivity index (χ3v) is 3.83. The van der Waals surface area contributed by atoms with Gasteiger partial charge in [-0.25, -0.2) is 4.79 Å². The number of hydrogen-bond acceptors (Lipinski definition) is 5. The largest absolute Gasteiger partial charge is 0.464 e. The number of H-pyrrole nitrogens is 1. The molecule has 0 aliphatic carbocycles. The number of hydrogen-bond donors (Lipinski definition) is 2. The van der Waals surface area contributed by atoms with Gasteiger partial charge in [-0.05, 0) is 26.2 Å². The highest BCUT2D eigenvalue weighted by atomic mass is 16.5. The monoisotopic (exact) mass is 280 g/mol. The number of carbonyl (C=O) groups is 1. The first kappa shape index (κ1) is 15.0. The van der Waals surface area contributed by atoms with E-state index < -0.39 is 0 Å². The van der Waals surface area contributed by atoms with E-state index in [1.807, 2.05) is 6.07 Å². The van der Waals surface area contributed by atoms with Gasteiger partial charge >= 0.3 is 5.97 Å². The van der Waals surface area contributed by atoms with Crippen LogP contribution in [0.15, 0.2) is 12.1 Å². The lowest BCUT2D eigenvalue weighted by atomic mass is 10.2. The Morgan fingerprint density at radius 1 is 1.45 bits per heavy atom. The maximum atomic E-state index is 11.3. The average Bonchev–Trinajstić information content (AvgIpc) is 2.90. The molecule has 6 nitrogen and oxygen atoms in total. The summed E-state index contributed by atoms with van der Waals surface area (Å²) in [4.78, 5) is 19.1. The minimum atomic E-state index is -0.329.